The van der Waals surface area contributed by atoms with Crippen molar-refractivity contribution in [2.75, 3.05) is 13.2 Å². The molecule has 2 amide bonds. The molecule has 2 aromatic rings. The molecule has 0 unspecified atom stereocenters. The minimum atomic E-state index is -0.440. The van der Waals surface area contributed by atoms with Gasteiger partial charge in [-0.25, -0.2) is 0 Å². The molecule has 0 aliphatic rings. The highest BCUT2D eigenvalue weighted by atomic mass is 32.1. The summed E-state index contributed by atoms with van der Waals surface area (Å²) in [5, 5.41) is 2.45. The minimum absolute atomic E-state index is 0.0424. The molecule has 0 bridgehead atoms. The van der Waals surface area contributed by atoms with E-state index in [0.717, 1.165) is 12.0 Å². The van der Waals surface area contributed by atoms with Crippen LogP contribution in [0.3, 0.4) is 0 Å². The maximum atomic E-state index is 12.4. The number of thiocarbonyl (C=S) groups is 1. The number of aryl methyl sites for hydroxylation is 1. The summed E-state index contributed by atoms with van der Waals surface area (Å²) in [4.78, 5) is 24.2. The fraction of sp³-hybridized carbons (Fsp3) is 0.250. The molecule has 2 rings (SSSR count). The van der Waals surface area contributed by atoms with Gasteiger partial charge in [-0.15, -0.1) is 0 Å². The van der Waals surface area contributed by atoms with E-state index in [-0.39, 0.29) is 11.7 Å². The molecule has 28 heavy (non-hydrogen) atoms. The number of ether oxygens (including phenoxy) is 2. The van der Waals surface area contributed by atoms with Crippen LogP contribution in [-0.4, -0.2) is 30.1 Å². The molecule has 8 heteroatoms. The highest BCUT2D eigenvalue weighted by Crippen LogP contribution is 2.18. The van der Waals surface area contributed by atoms with E-state index >= 15 is 0 Å². The van der Waals surface area contributed by atoms with Gasteiger partial charge in [-0.2, -0.15) is 0 Å². The van der Waals surface area contributed by atoms with Crippen LogP contribution in [-0.2, 0) is 4.79 Å². The topological polar surface area (TPSA) is 88.7 Å². The average Bonchev–Trinajstić information content (AvgIpc) is 2.69. The third-order valence-corrected chi connectivity index (χ3v) is 3.70. The van der Waals surface area contributed by atoms with Gasteiger partial charge in [0, 0.05) is 0 Å². The van der Waals surface area contributed by atoms with Crippen LogP contribution in [0.5, 0.6) is 11.5 Å². The highest BCUT2D eigenvalue weighted by Gasteiger charge is 2.13. The Balaban J connectivity index is 1.79. The number of carbonyl (C=O) groups is 2. The normalized spacial score (nSPS) is 9.93. The van der Waals surface area contributed by atoms with Crippen molar-refractivity contribution < 1.29 is 19.1 Å². The Labute approximate surface area is 169 Å². The van der Waals surface area contributed by atoms with E-state index in [4.69, 9.17) is 21.7 Å². The second-order valence-corrected chi connectivity index (χ2v) is 6.31. The first-order valence-corrected chi connectivity index (χ1v) is 9.22. The fourth-order valence-corrected chi connectivity index (χ4v) is 2.35. The molecule has 3 N–H and O–H groups in total. The zero-order valence-electron chi connectivity index (χ0n) is 15.8. The number of para-hydroxylation sites is 1. The van der Waals surface area contributed by atoms with Crippen LogP contribution >= 0.6 is 12.2 Å². The second kappa shape index (κ2) is 10.9. The molecule has 0 aliphatic carbocycles. The number of nitrogens with one attached hydrogen (secondary N) is 3. The van der Waals surface area contributed by atoms with Crippen molar-refractivity contribution in [1.29, 1.82) is 0 Å². The lowest BCUT2D eigenvalue weighted by molar-refractivity contribution is -0.123. The van der Waals surface area contributed by atoms with E-state index in [9.17, 15) is 9.59 Å². The van der Waals surface area contributed by atoms with Crippen molar-refractivity contribution in [3.05, 3.63) is 59.7 Å². The van der Waals surface area contributed by atoms with Crippen LogP contribution in [0.25, 0.3) is 0 Å². The van der Waals surface area contributed by atoms with Gasteiger partial charge in [-0.1, -0.05) is 31.2 Å². The second-order valence-electron chi connectivity index (χ2n) is 5.91. The zero-order chi connectivity index (χ0) is 20.4. The molecule has 2 aromatic carbocycles. The Hall–Kier alpha value is -3.13. The number of hydrazine groups is 1. The Kier molecular flexibility index (Phi) is 8.23. The maximum Gasteiger partial charge on any atom is 0.276 e. The van der Waals surface area contributed by atoms with Crippen molar-refractivity contribution in [2.45, 2.75) is 20.3 Å². The summed E-state index contributed by atoms with van der Waals surface area (Å²) in [6.07, 6.45) is 0.826. The molecule has 0 aromatic heterocycles. The maximum absolute atomic E-state index is 12.4. The molecule has 0 spiro atoms. The molecule has 0 atom stereocenters. The fourth-order valence-electron chi connectivity index (χ4n) is 2.21. The number of amides is 2. The first-order valence-electron chi connectivity index (χ1n) is 8.81. The monoisotopic (exact) mass is 401 g/mol. The van der Waals surface area contributed by atoms with E-state index in [0.29, 0.717) is 23.7 Å². The number of hydrogen-bond acceptors (Lipinski definition) is 5. The first kappa shape index (κ1) is 21.2. The van der Waals surface area contributed by atoms with Gasteiger partial charge in [0.15, 0.2) is 11.7 Å². The van der Waals surface area contributed by atoms with Crippen molar-refractivity contribution in [3.8, 4) is 11.5 Å². The van der Waals surface area contributed by atoms with Crippen molar-refractivity contribution in [1.82, 2.24) is 16.2 Å². The summed E-state index contributed by atoms with van der Waals surface area (Å²) in [5.74, 6) is 0.189. The van der Waals surface area contributed by atoms with E-state index < -0.39 is 11.8 Å². The van der Waals surface area contributed by atoms with Crippen molar-refractivity contribution >= 4 is 29.1 Å². The average molecular weight is 401 g/mol. The molecule has 0 fully saturated rings. The van der Waals surface area contributed by atoms with Gasteiger partial charge in [0.25, 0.3) is 11.8 Å². The van der Waals surface area contributed by atoms with Crippen molar-refractivity contribution in [2.24, 2.45) is 0 Å². The molecule has 0 saturated carbocycles. The number of hydrogen-bond donors (Lipinski definition) is 3. The SMILES string of the molecule is CCCOc1ccccc1C(=O)NC(=S)NNC(=O)COc1cccc(C)c1. The van der Waals surface area contributed by atoms with E-state index in [1.165, 1.54) is 0 Å². The Morgan fingerprint density at radius 2 is 1.82 bits per heavy atom. The summed E-state index contributed by atoms with van der Waals surface area (Å²) >= 11 is 5.03. The van der Waals surface area contributed by atoms with E-state index in [1.54, 1.807) is 30.3 Å². The van der Waals surface area contributed by atoms with Crippen LogP contribution in [0.4, 0.5) is 0 Å². The third-order valence-electron chi connectivity index (χ3n) is 3.50. The summed E-state index contributed by atoms with van der Waals surface area (Å²) < 4.78 is 10.9. The zero-order valence-corrected chi connectivity index (χ0v) is 16.6. The molecular formula is C20H23N3O4S. The molecule has 7 nitrogen and oxygen atoms in total. The molecule has 0 aliphatic heterocycles. The van der Waals surface area contributed by atoms with Gasteiger partial charge in [0.1, 0.15) is 11.5 Å². The van der Waals surface area contributed by atoms with Gasteiger partial charge in [-0.05, 0) is 55.4 Å². The van der Waals surface area contributed by atoms with Gasteiger partial charge in [-0.3, -0.25) is 25.8 Å². The quantitative estimate of drug-likeness (QED) is 0.488. The lowest BCUT2D eigenvalue weighted by atomic mass is 10.2. The van der Waals surface area contributed by atoms with Gasteiger partial charge >= 0.3 is 0 Å². The van der Waals surface area contributed by atoms with Crippen LogP contribution in [0.2, 0.25) is 0 Å². The van der Waals surface area contributed by atoms with Gasteiger partial charge in [0.2, 0.25) is 0 Å². The number of carbonyl (C=O) groups excluding carboxylic acids is 2. The smallest absolute Gasteiger partial charge is 0.276 e. The van der Waals surface area contributed by atoms with Crippen LogP contribution in [0, 0.1) is 6.92 Å². The lowest BCUT2D eigenvalue weighted by Crippen LogP contribution is -2.49. The third kappa shape index (κ3) is 6.88. The predicted octanol–water partition coefficient (Wildman–Crippen LogP) is 2.50. The standard InChI is InChI=1S/C20H23N3O4S/c1-3-11-26-17-10-5-4-9-16(17)19(25)21-20(28)23-22-18(24)13-27-15-8-6-7-14(2)12-15/h4-10,12H,3,11,13H2,1-2H3,(H,22,24)(H2,21,23,25,28). The predicted molar refractivity (Wildman–Crippen MR) is 110 cm³/mol. The summed E-state index contributed by atoms with van der Waals surface area (Å²) in [5.41, 5.74) is 6.23. The van der Waals surface area contributed by atoms with Crippen LogP contribution in [0.15, 0.2) is 48.5 Å². The minimum Gasteiger partial charge on any atom is -0.493 e. The Bertz CT molecular complexity index is 842. The highest BCUT2D eigenvalue weighted by molar-refractivity contribution is 7.80. The number of rotatable bonds is 7. The largest absolute Gasteiger partial charge is 0.493 e. The lowest BCUT2D eigenvalue weighted by Gasteiger charge is -2.13. The van der Waals surface area contributed by atoms with Crippen LogP contribution in [0.1, 0.15) is 29.3 Å². The van der Waals surface area contributed by atoms with Gasteiger partial charge < -0.3 is 9.47 Å². The summed E-state index contributed by atoms with van der Waals surface area (Å²) in [6, 6.07) is 14.2. The molecule has 148 valence electrons. The summed E-state index contributed by atoms with van der Waals surface area (Å²) in [7, 11) is 0. The van der Waals surface area contributed by atoms with Crippen molar-refractivity contribution in [3.63, 3.8) is 0 Å². The molecule has 0 saturated heterocycles. The van der Waals surface area contributed by atoms with E-state index in [1.807, 2.05) is 32.0 Å². The number of benzene rings is 2. The van der Waals surface area contributed by atoms with Crippen LogP contribution < -0.4 is 25.6 Å². The Morgan fingerprint density at radius 1 is 1.04 bits per heavy atom. The van der Waals surface area contributed by atoms with Gasteiger partial charge in [0.05, 0.1) is 12.2 Å². The van der Waals surface area contributed by atoms with E-state index in [2.05, 4.69) is 16.2 Å². The molecule has 0 heterocycles. The molecule has 0 radical (unpaired) electrons. The first-order chi connectivity index (χ1) is 13.5. The Morgan fingerprint density at radius 3 is 2.57 bits per heavy atom. The summed E-state index contributed by atoms with van der Waals surface area (Å²) in [6.45, 7) is 4.22. The molecular weight excluding hydrogens is 378 g/mol.